The van der Waals surface area contributed by atoms with Crippen LogP contribution in [0.4, 0.5) is 0 Å². The van der Waals surface area contributed by atoms with Crippen LogP contribution in [0.25, 0.3) is 0 Å². The highest BCUT2D eigenvalue weighted by Crippen LogP contribution is 1.97. The van der Waals surface area contributed by atoms with Gasteiger partial charge in [-0.05, 0) is 52.1 Å². The first-order chi connectivity index (χ1) is 4.18. The molecule has 0 aromatic rings. The molecule has 0 atom stereocenters. The Morgan fingerprint density at radius 1 is 1.67 bits per heavy atom. The Labute approximate surface area is 81.5 Å². The zero-order valence-electron chi connectivity index (χ0n) is 4.91. The molecule has 0 saturated carbocycles. The third kappa shape index (κ3) is 5.07. The molecule has 0 amide bonds. The van der Waals surface area contributed by atoms with Crippen LogP contribution in [0.15, 0.2) is 5.10 Å². The van der Waals surface area contributed by atoms with Crippen LogP contribution in [0.1, 0.15) is 6.92 Å². The number of hydrogen-bond acceptors (Lipinski definition) is 3. The summed E-state index contributed by atoms with van der Waals surface area (Å²) >= 11 is 3.92. The van der Waals surface area contributed by atoms with Gasteiger partial charge in [-0.25, -0.2) is 0 Å². The number of halogens is 2. The van der Waals surface area contributed by atoms with E-state index >= 15 is 0 Å². The van der Waals surface area contributed by atoms with Crippen molar-refractivity contribution in [2.75, 3.05) is 6.54 Å². The van der Waals surface area contributed by atoms with Crippen molar-refractivity contribution in [3.05, 3.63) is 0 Å². The zero-order chi connectivity index (χ0) is 7.28. The van der Waals surface area contributed by atoms with Crippen molar-refractivity contribution in [3.63, 3.8) is 0 Å². The van der Waals surface area contributed by atoms with Crippen molar-refractivity contribution in [2.45, 2.75) is 6.92 Å². The Balaban J connectivity index is 3.69. The lowest BCUT2D eigenvalue weighted by atomic mass is 10.8. The van der Waals surface area contributed by atoms with Crippen LogP contribution in [0, 0.1) is 5.41 Å². The molecule has 0 rings (SSSR count). The first kappa shape index (κ1) is 9.60. The molecule has 0 radical (unpaired) electrons. The van der Waals surface area contributed by atoms with E-state index in [-0.39, 0.29) is 0 Å². The molecule has 3 nitrogen and oxygen atoms in total. The van der Waals surface area contributed by atoms with Gasteiger partial charge in [0, 0.05) is 6.54 Å². The number of nitrogens with one attached hydrogen (secondary N) is 2. The lowest BCUT2D eigenvalue weighted by Gasteiger charge is -1.93. The lowest BCUT2D eigenvalue weighted by molar-refractivity contribution is 0.788. The lowest BCUT2D eigenvalue weighted by Crippen LogP contribution is -2.08. The quantitative estimate of drug-likeness (QED) is 0.455. The molecule has 0 fully saturated rings. The third-order valence-corrected chi connectivity index (χ3v) is 2.84. The Bertz CT molecular complexity index is 132. The minimum atomic E-state index is 0.467. The fraction of sp³-hybridized carbons (Fsp3) is 0.500. The van der Waals surface area contributed by atoms with E-state index in [1.165, 1.54) is 0 Å². The maximum atomic E-state index is 7.09. The molecule has 0 heterocycles. The van der Waals surface area contributed by atoms with Gasteiger partial charge in [0.1, 0.15) is 3.72 Å². The van der Waals surface area contributed by atoms with Gasteiger partial charge in [-0.3, -0.25) is 5.41 Å². The predicted molar refractivity (Wildman–Crippen MR) is 56.9 cm³/mol. The van der Waals surface area contributed by atoms with E-state index in [4.69, 9.17) is 5.41 Å². The highest BCUT2D eigenvalue weighted by atomic mass is 127. The largest absolute Gasteiger partial charge is 0.309 e. The zero-order valence-corrected chi connectivity index (χ0v) is 9.23. The van der Waals surface area contributed by atoms with Crippen LogP contribution < -0.4 is 5.43 Å². The molecule has 0 saturated heterocycles. The molecule has 0 aromatic carbocycles. The molecular weight excluding hydrogens is 344 g/mol. The second-order valence-electron chi connectivity index (χ2n) is 1.23. The Morgan fingerprint density at radius 2 is 2.22 bits per heavy atom. The fourth-order valence-electron chi connectivity index (χ4n) is 0.198. The molecule has 52 valence electrons. The van der Waals surface area contributed by atoms with Crippen molar-refractivity contribution in [1.29, 1.82) is 5.41 Å². The smallest absolute Gasteiger partial charge is 0.152 e. The summed E-state index contributed by atoms with van der Waals surface area (Å²) in [5.74, 6) is 0. The van der Waals surface area contributed by atoms with Gasteiger partial charge in [-0.2, -0.15) is 5.10 Å². The molecular formula is C4H7I2N3. The molecule has 0 spiro atoms. The fourth-order valence-corrected chi connectivity index (χ4v) is 0.489. The average molecular weight is 351 g/mol. The van der Waals surface area contributed by atoms with Gasteiger partial charge in [-0.15, -0.1) is 0 Å². The normalized spacial score (nSPS) is 11.2. The summed E-state index contributed by atoms with van der Waals surface area (Å²) in [5, 5.41) is 11.0. The van der Waals surface area contributed by atoms with Gasteiger partial charge in [0.2, 0.25) is 0 Å². The van der Waals surface area contributed by atoms with Crippen LogP contribution in [0.5, 0.6) is 0 Å². The first-order valence-electron chi connectivity index (χ1n) is 2.39. The van der Waals surface area contributed by atoms with Crippen molar-refractivity contribution < 1.29 is 0 Å². The van der Waals surface area contributed by atoms with E-state index in [2.05, 4.69) is 10.5 Å². The number of hydrazone groups is 1. The summed E-state index contributed by atoms with van der Waals surface area (Å²) in [5.41, 5.74) is 2.76. The van der Waals surface area contributed by atoms with Gasteiger partial charge >= 0.3 is 0 Å². The SMILES string of the molecule is CCN/N=C(/I)C(=N)I. The Morgan fingerprint density at radius 3 is 2.56 bits per heavy atom. The predicted octanol–water partition coefficient (Wildman–Crippen LogP) is 1.76. The number of nitrogens with zero attached hydrogens (tertiary/aromatic N) is 1. The maximum Gasteiger partial charge on any atom is 0.152 e. The van der Waals surface area contributed by atoms with Gasteiger partial charge < -0.3 is 5.43 Å². The highest BCUT2D eigenvalue weighted by Gasteiger charge is 1.94. The molecule has 5 heteroatoms. The van der Waals surface area contributed by atoms with Crippen LogP contribution in [0.2, 0.25) is 0 Å². The molecule has 2 N–H and O–H groups in total. The van der Waals surface area contributed by atoms with Crippen LogP contribution in [0.3, 0.4) is 0 Å². The average Bonchev–Trinajstić information content (AvgIpc) is 1.82. The minimum absolute atomic E-state index is 0.467. The molecule has 0 aliphatic heterocycles. The number of rotatable bonds is 3. The van der Waals surface area contributed by atoms with Crippen molar-refractivity contribution in [1.82, 2.24) is 5.43 Å². The standard InChI is InChI=1S/C4H7I2N3/c1-2-8-9-4(6)3(5)7/h7-8H,2H2,1H3/b7-3?,9-4+. The molecule has 0 bridgehead atoms. The minimum Gasteiger partial charge on any atom is -0.309 e. The first-order valence-corrected chi connectivity index (χ1v) is 4.54. The van der Waals surface area contributed by atoms with Crippen molar-refractivity contribution in [2.24, 2.45) is 5.10 Å². The van der Waals surface area contributed by atoms with Crippen molar-refractivity contribution in [3.8, 4) is 0 Å². The van der Waals surface area contributed by atoms with Crippen LogP contribution in [-0.2, 0) is 0 Å². The van der Waals surface area contributed by atoms with E-state index in [1.54, 1.807) is 0 Å². The summed E-state index contributed by atoms with van der Waals surface area (Å²) in [6, 6.07) is 0. The van der Waals surface area contributed by atoms with E-state index in [1.807, 2.05) is 52.1 Å². The second-order valence-corrected chi connectivity index (χ2v) is 3.33. The Kier molecular flexibility index (Phi) is 5.75. The van der Waals surface area contributed by atoms with Gasteiger partial charge in [0.05, 0.1) is 0 Å². The van der Waals surface area contributed by atoms with E-state index in [9.17, 15) is 0 Å². The molecule has 0 unspecified atom stereocenters. The summed E-state index contributed by atoms with van der Waals surface area (Å²) < 4.78 is 1.17. The molecule has 0 aromatic heterocycles. The van der Waals surface area contributed by atoms with Crippen molar-refractivity contribution >= 4 is 52.6 Å². The van der Waals surface area contributed by atoms with Crippen LogP contribution in [-0.4, -0.2) is 14.0 Å². The third-order valence-electron chi connectivity index (χ3n) is 0.516. The number of hydrogen-bond donors (Lipinski definition) is 2. The van der Waals surface area contributed by atoms with Gasteiger partial charge in [0.15, 0.2) is 3.72 Å². The van der Waals surface area contributed by atoms with Crippen LogP contribution >= 0.6 is 45.2 Å². The molecule has 0 aliphatic rings. The molecule has 0 aliphatic carbocycles. The Hall–Kier alpha value is 0.600. The maximum absolute atomic E-state index is 7.09. The van der Waals surface area contributed by atoms with E-state index < -0.39 is 0 Å². The molecule has 9 heavy (non-hydrogen) atoms. The summed E-state index contributed by atoms with van der Waals surface area (Å²) in [6.07, 6.45) is 0. The van der Waals surface area contributed by atoms with E-state index in [0.29, 0.717) is 7.44 Å². The summed E-state index contributed by atoms with van der Waals surface area (Å²) in [4.78, 5) is 0. The van der Waals surface area contributed by atoms with E-state index in [0.717, 1.165) is 6.54 Å². The highest BCUT2D eigenvalue weighted by molar-refractivity contribution is 14.1. The van der Waals surface area contributed by atoms with Gasteiger partial charge in [-0.1, -0.05) is 0 Å². The monoisotopic (exact) mass is 351 g/mol. The topological polar surface area (TPSA) is 48.2 Å². The van der Waals surface area contributed by atoms with Gasteiger partial charge in [0.25, 0.3) is 0 Å². The summed E-state index contributed by atoms with van der Waals surface area (Å²) in [7, 11) is 0. The second kappa shape index (κ2) is 5.39. The summed E-state index contributed by atoms with van der Waals surface area (Å²) in [6.45, 7) is 2.76.